The van der Waals surface area contributed by atoms with Crippen molar-refractivity contribution in [3.8, 4) is 0 Å². The van der Waals surface area contributed by atoms with Crippen LogP contribution >= 0.6 is 0 Å². The molecule has 1 fully saturated rings. The fourth-order valence-corrected chi connectivity index (χ4v) is 4.19. The number of nitrogens with zero attached hydrogens (tertiary/aromatic N) is 2. The lowest BCUT2D eigenvalue weighted by atomic mass is 9.91. The molecule has 2 aromatic rings. The molecule has 7 nitrogen and oxygen atoms in total. The van der Waals surface area contributed by atoms with E-state index in [1.165, 1.54) is 0 Å². The normalized spacial score (nSPS) is 20.6. The maximum absolute atomic E-state index is 12.7. The molecule has 1 heterocycles. The molecule has 1 saturated carbocycles. The third-order valence-corrected chi connectivity index (χ3v) is 5.94. The van der Waals surface area contributed by atoms with Gasteiger partial charge in [0.15, 0.2) is 0 Å². The highest BCUT2D eigenvalue weighted by Crippen LogP contribution is 2.23. The van der Waals surface area contributed by atoms with Crippen molar-refractivity contribution < 1.29 is 9.90 Å². The van der Waals surface area contributed by atoms with Crippen LogP contribution < -0.4 is 16.4 Å². The van der Waals surface area contributed by atoms with Crippen molar-refractivity contribution in [3.63, 3.8) is 0 Å². The van der Waals surface area contributed by atoms with Crippen LogP contribution in [0.2, 0.25) is 0 Å². The van der Waals surface area contributed by atoms with Crippen molar-refractivity contribution in [3.05, 3.63) is 35.4 Å². The van der Waals surface area contributed by atoms with Crippen LogP contribution in [0, 0.1) is 6.92 Å². The van der Waals surface area contributed by atoms with E-state index in [1.807, 2.05) is 31.2 Å². The number of aryl methyl sites for hydroxylation is 1. The number of amidine groups is 1. The number of aromatic nitrogens is 1. The summed E-state index contributed by atoms with van der Waals surface area (Å²) in [6, 6.07) is 8.27. The van der Waals surface area contributed by atoms with Crippen LogP contribution in [0.15, 0.2) is 29.3 Å². The zero-order valence-corrected chi connectivity index (χ0v) is 18.8. The van der Waals surface area contributed by atoms with Gasteiger partial charge in [0.25, 0.3) is 5.91 Å². The Labute approximate surface area is 184 Å². The molecule has 3 unspecified atom stereocenters. The number of carbonyl (C=O) groups excluding carboxylic acids is 1. The van der Waals surface area contributed by atoms with Gasteiger partial charge in [0.05, 0.1) is 17.2 Å². The Bertz CT molecular complexity index is 939. The van der Waals surface area contributed by atoms with Crippen LogP contribution in [-0.4, -0.2) is 46.6 Å². The van der Waals surface area contributed by atoms with E-state index in [2.05, 4.69) is 22.5 Å². The molecule has 1 aromatic heterocycles. The zero-order valence-electron chi connectivity index (χ0n) is 18.8. The van der Waals surface area contributed by atoms with E-state index < -0.39 is 5.91 Å². The average Bonchev–Trinajstić information content (AvgIpc) is 2.73. The summed E-state index contributed by atoms with van der Waals surface area (Å²) in [5.41, 5.74) is 7.99. The largest absolute Gasteiger partial charge is 0.392 e. The summed E-state index contributed by atoms with van der Waals surface area (Å²) < 4.78 is 0. The first-order chi connectivity index (χ1) is 14.9. The number of aliphatic hydroxyl groups excluding tert-OH is 1. The van der Waals surface area contributed by atoms with E-state index in [-0.39, 0.29) is 24.0 Å². The van der Waals surface area contributed by atoms with E-state index in [4.69, 9.17) is 10.7 Å². The Morgan fingerprint density at radius 1 is 1.32 bits per heavy atom. The SMILES string of the molecule is CCC(CCNc1nc2ccc(C)cc2cc1C(=O)N=C(C)N)NC1CCCCC1O. The minimum Gasteiger partial charge on any atom is -0.392 e. The van der Waals surface area contributed by atoms with Crippen molar-refractivity contribution in [2.75, 3.05) is 11.9 Å². The molecule has 3 rings (SSSR count). The molecule has 1 aliphatic rings. The predicted octanol–water partition coefficient (Wildman–Crippen LogP) is 3.53. The van der Waals surface area contributed by atoms with Crippen LogP contribution in [-0.2, 0) is 0 Å². The van der Waals surface area contributed by atoms with Crippen LogP contribution in [0.1, 0.15) is 68.3 Å². The van der Waals surface area contributed by atoms with E-state index in [9.17, 15) is 9.90 Å². The lowest BCUT2D eigenvalue weighted by Gasteiger charge is -2.32. The summed E-state index contributed by atoms with van der Waals surface area (Å²) in [7, 11) is 0. The molecule has 1 aromatic carbocycles. The number of carbonyl (C=O) groups is 1. The number of nitrogens with one attached hydrogen (secondary N) is 2. The van der Waals surface area contributed by atoms with E-state index in [0.29, 0.717) is 17.9 Å². The molecule has 0 radical (unpaired) electrons. The topological polar surface area (TPSA) is 113 Å². The second-order valence-corrected chi connectivity index (χ2v) is 8.58. The highest BCUT2D eigenvalue weighted by molar-refractivity contribution is 6.07. The molecule has 1 amide bonds. The maximum Gasteiger partial charge on any atom is 0.282 e. The smallest absolute Gasteiger partial charge is 0.282 e. The zero-order chi connectivity index (χ0) is 22.4. The third-order valence-electron chi connectivity index (χ3n) is 5.94. The van der Waals surface area contributed by atoms with E-state index >= 15 is 0 Å². The van der Waals surface area contributed by atoms with E-state index in [1.54, 1.807) is 6.92 Å². The number of hydrogen-bond donors (Lipinski definition) is 4. The molecule has 0 spiro atoms. The Morgan fingerprint density at radius 2 is 2.10 bits per heavy atom. The van der Waals surface area contributed by atoms with Gasteiger partial charge in [0.2, 0.25) is 0 Å². The maximum atomic E-state index is 12.7. The number of benzene rings is 1. The molecule has 0 aliphatic heterocycles. The number of nitrogens with two attached hydrogens (primary N) is 1. The Kier molecular flexibility index (Phi) is 7.98. The summed E-state index contributed by atoms with van der Waals surface area (Å²) in [5.74, 6) is 0.356. The van der Waals surface area contributed by atoms with Gasteiger partial charge >= 0.3 is 0 Å². The molecule has 0 saturated heterocycles. The van der Waals surface area contributed by atoms with Crippen molar-refractivity contribution in [1.29, 1.82) is 0 Å². The van der Waals surface area contributed by atoms with Gasteiger partial charge in [-0.15, -0.1) is 0 Å². The second-order valence-electron chi connectivity index (χ2n) is 8.58. The number of hydrogen-bond acceptors (Lipinski definition) is 5. The Hall–Kier alpha value is -2.51. The van der Waals surface area contributed by atoms with Crippen LogP contribution in [0.4, 0.5) is 5.82 Å². The quantitative estimate of drug-likeness (QED) is 0.380. The van der Waals surface area contributed by atoms with Gasteiger partial charge in [-0.1, -0.05) is 31.4 Å². The number of rotatable bonds is 8. The lowest BCUT2D eigenvalue weighted by molar-refractivity contribution is 0.0840. The molecule has 1 aliphatic carbocycles. The first kappa shape index (κ1) is 23.2. The summed E-state index contributed by atoms with van der Waals surface area (Å²) >= 11 is 0. The Balaban J connectivity index is 1.73. The van der Waals surface area contributed by atoms with Crippen molar-refractivity contribution in [2.24, 2.45) is 10.7 Å². The molecule has 31 heavy (non-hydrogen) atoms. The second kappa shape index (κ2) is 10.7. The fraction of sp³-hybridized carbons (Fsp3) is 0.542. The van der Waals surface area contributed by atoms with Gasteiger partial charge in [-0.05, 0) is 57.7 Å². The number of aliphatic hydroxyl groups is 1. The summed E-state index contributed by atoms with van der Waals surface area (Å²) in [6.07, 6.45) is 5.73. The highest BCUT2D eigenvalue weighted by Gasteiger charge is 2.24. The van der Waals surface area contributed by atoms with Crippen molar-refractivity contribution in [1.82, 2.24) is 10.3 Å². The van der Waals surface area contributed by atoms with Gasteiger partial charge in [-0.3, -0.25) is 4.79 Å². The van der Waals surface area contributed by atoms with Gasteiger partial charge in [0.1, 0.15) is 11.7 Å². The van der Waals surface area contributed by atoms with Crippen LogP contribution in [0.25, 0.3) is 10.9 Å². The highest BCUT2D eigenvalue weighted by atomic mass is 16.3. The lowest BCUT2D eigenvalue weighted by Crippen LogP contribution is -2.47. The van der Waals surface area contributed by atoms with Crippen molar-refractivity contribution in [2.45, 2.75) is 77.5 Å². The van der Waals surface area contributed by atoms with Crippen molar-refractivity contribution >= 4 is 28.5 Å². The Morgan fingerprint density at radius 3 is 2.81 bits per heavy atom. The minimum atomic E-state index is -0.395. The standard InChI is InChI=1S/C24H35N5O2/c1-4-18(28-21-7-5-6-8-22(21)30)11-12-26-23-19(24(31)27-16(3)25)14-17-13-15(2)9-10-20(17)29-23/h9-10,13-14,18,21-22,28,30H,4-8,11-12H2,1-3H3,(H,26,29)(H2,25,27,31). The predicted molar refractivity (Wildman–Crippen MR) is 127 cm³/mol. The number of fused-ring (bicyclic) bond motifs is 1. The van der Waals surface area contributed by atoms with Gasteiger partial charge < -0.3 is 21.5 Å². The van der Waals surface area contributed by atoms with Crippen LogP contribution in [0.5, 0.6) is 0 Å². The average molecular weight is 426 g/mol. The molecule has 168 valence electrons. The molecule has 7 heteroatoms. The third kappa shape index (κ3) is 6.24. The number of amides is 1. The van der Waals surface area contributed by atoms with E-state index in [0.717, 1.165) is 55.0 Å². The summed E-state index contributed by atoms with van der Waals surface area (Å²) in [6.45, 7) is 6.42. The first-order valence-electron chi connectivity index (χ1n) is 11.3. The number of pyridine rings is 1. The monoisotopic (exact) mass is 425 g/mol. The summed E-state index contributed by atoms with van der Waals surface area (Å²) in [4.78, 5) is 21.3. The first-order valence-corrected chi connectivity index (χ1v) is 11.3. The molecule has 0 bridgehead atoms. The van der Waals surface area contributed by atoms with Gasteiger partial charge in [0, 0.05) is 24.0 Å². The number of aliphatic imine (C=N–C) groups is 1. The number of anilines is 1. The van der Waals surface area contributed by atoms with Crippen LogP contribution in [0.3, 0.4) is 0 Å². The van der Waals surface area contributed by atoms with Gasteiger partial charge in [-0.25, -0.2) is 4.98 Å². The fourth-order valence-electron chi connectivity index (χ4n) is 4.19. The molecule has 3 atom stereocenters. The molecular weight excluding hydrogens is 390 g/mol. The van der Waals surface area contributed by atoms with Gasteiger partial charge in [-0.2, -0.15) is 4.99 Å². The molecular formula is C24H35N5O2. The minimum absolute atomic E-state index is 0.166. The summed E-state index contributed by atoms with van der Waals surface area (Å²) in [5, 5.41) is 18.1. The molecule has 5 N–H and O–H groups in total.